The predicted octanol–water partition coefficient (Wildman–Crippen LogP) is 4.62. The van der Waals surface area contributed by atoms with E-state index in [1.807, 2.05) is 105 Å². The van der Waals surface area contributed by atoms with Crippen molar-refractivity contribution in [2.24, 2.45) is 5.92 Å². The lowest BCUT2D eigenvalue weighted by atomic mass is 9.94. The van der Waals surface area contributed by atoms with Crippen LogP contribution in [0.4, 0.5) is 4.79 Å². The average Bonchev–Trinajstić information content (AvgIpc) is 3.72. The number of ether oxygens (including phenoxy) is 2. The van der Waals surface area contributed by atoms with Gasteiger partial charge in [-0.1, -0.05) is 99.1 Å². The maximum Gasteiger partial charge on any atom is 0.408 e. The van der Waals surface area contributed by atoms with E-state index in [9.17, 15) is 19.2 Å². The van der Waals surface area contributed by atoms with Gasteiger partial charge in [0.1, 0.15) is 24.3 Å². The maximum absolute atomic E-state index is 14.1. The second kappa shape index (κ2) is 15.1. The first-order valence-corrected chi connectivity index (χ1v) is 16.0. The molecule has 4 aromatic rings. The summed E-state index contributed by atoms with van der Waals surface area (Å²) in [4.78, 5) is 57.6. The Morgan fingerprint density at radius 3 is 2.11 bits per heavy atom. The molecule has 0 radical (unpaired) electrons. The molecule has 3 aromatic carbocycles. The topological polar surface area (TPSA) is 142 Å². The van der Waals surface area contributed by atoms with Crippen molar-refractivity contribution in [2.75, 3.05) is 6.61 Å². The molecule has 2 heterocycles. The fourth-order valence-electron chi connectivity index (χ4n) is 5.54. The van der Waals surface area contributed by atoms with E-state index in [-0.39, 0.29) is 37.8 Å². The minimum absolute atomic E-state index is 0.0482. The number of hydrogen-bond donors (Lipinski definition) is 4. The molecule has 0 saturated carbocycles. The van der Waals surface area contributed by atoms with E-state index in [0.717, 1.165) is 27.6 Å². The Labute approximate surface area is 274 Å². The van der Waals surface area contributed by atoms with Crippen LogP contribution < -0.4 is 16.0 Å². The van der Waals surface area contributed by atoms with E-state index in [1.165, 1.54) is 0 Å². The third kappa shape index (κ3) is 8.65. The first-order chi connectivity index (χ1) is 22.7. The summed E-state index contributed by atoms with van der Waals surface area (Å²) in [7, 11) is 0. The van der Waals surface area contributed by atoms with Crippen LogP contribution in [0.3, 0.4) is 0 Å². The lowest BCUT2D eigenvalue weighted by Gasteiger charge is -2.27. The molecule has 5 atom stereocenters. The number of ketones is 1. The lowest BCUT2D eigenvalue weighted by molar-refractivity contribution is -0.133. The van der Waals surface area contributed by atoms with Crippen molar-refractivity contribution in [2.45, 2.75) is 70.4 Å². The maximum atomic E-state index is 14.1. The number of rotatable bonds is 15. The summed E-state index contributed by atoms with van der Waals surface area (Å²) in [5.41, 5.74) is 2.44. The van der Waals surface area contributed by atoms with Crippen molar-refractivity contribution in [3.63, 3.8) is 0 Å². The summed E-state index contributed by atoms with van der Waals surface area (Å²) < 4.78 is 10.8. The molecular weight excluding hydrogens is 596 g/mol. The normalized spacial score (nSPS) is 17.9. The number of aromatic amines is 1. The summed E-state index contributed by atoms with van der Waals surface area (Å²) in [5.74, 6) is -1.54. The molecule has 1 saturated heterocycles. The fraction of sp³-hybridized carbons (Fsp3) is 0.351. The summed E-state index contributed by atoms with van der Waals surface area (Å²) in [6.07, 6.45) is 2.07. The van der Waals surface area contributed by atoms with Gasteiger partial charge in [0.15, 0.2) is 5.78 Å². The minimum atomic E-state index is -1.06. The van der Waals surface area contributed by atoms with Crippen molar-refractivity contribution in [1.82, 2.24) is 20.9 Å². The zero-order valence-electron chi connectivity index (χ0n) is 27.0. The number of para-hydroxylation sites is 1. The number of fused-ring (bicyclic) bond motifs is 1. The van der Waals surface area contributed by atoms with Crippen LogP contribution >= 0.6 is 0 Å². The first kappa shape index (κ1) is 33.4. The summed E-state index contributed by atoms with van der Waals surface area (Å²) in [6, 6.07) is 23.5. The average molecular weight is 639 g/mol. The van der Waals surface area contributed by atoms with Crippen molar-refractivity contribution >= 4 is 34.6 Å². The Kier molecular flexibility index (Phi) is 10.7. The molecule has 3 amide bonds. The van der Waals surface area contributed by atoms with Gasteiger partial charge < -0.3 is 30.4 Å². The molecule has 246 valence electrons. The highest BCUT2D eigenvalue weighted by Gasteiger charge is 2.50. The van der Waals surface area contributed by atoms with Crippen LogP contribution in [0.15, 0.2) is 91.1 Å². The van der Waals surface area contributed by atoms with E-state index < -0.39 is 41.6 Å². The highest BCUT2D eigenvalue weighted by molar-refractivity contribution is 5.99. The Hall–Kier alpha value is -4.96. The third-order valence-electron chi connectivity index (χ3n) is 8.73. The summed E-state index contributed by atoms with van der Waals surface area (Å²) >= 11 is 0. The van der Waals surface area contributed by atoms with Crippen LogP contribution in [0.25, 0.3) is 10.9 Å². The second-order valence-electron chi connectivity index (χ2n) is 12.3. The summed E-state index contributed by atoms with van der Waals surface area (Å²) in [6.45, 7) is 5.81. The monoisotopic (exact) mass is 638 g/mol. The minimum Gasteiger partial charge on any atom is -0.445 e. The number of amides is 3. The Morgan fingerprint density at radius 1 is 0.830 bits per heavy atom. The van der Waals surface area contributed by atoms with Crippen molar-refractivity contribution in [3.05, 3.63) is 108 Å². The quantitative estimate of drug-likeness (QED) is 0.140. The molecule has 47 heavy (non-hydrogen) atoms. The number of hydrogen-bond acceptors (Lipinski definition) is 6. The van der Waals surface area contributed by atoms with E-state index in [1.54, 1.807) is 6.92 Å². The lowest BCUT2D eigenvalue weighted by Crippen LogP contribution is -2.58. The molecule has 1 fully saturated rings. The molecule has 0 bridgehead atoms. The highest BCUT2D eigenvalue weighted by atomic mass is 16.6. The number of H-pyrrole nitrogens is 1. The molecule has 0 spiro atoms. The number of epoxide rings is 1. The van der Waals surface area contributed by atoms with Crippen molar-refractivity contribution in [1.29, 1.82) is 0 Å². The van der Waals surface area contributed by atoms with Crippen LogP contribution in [0, 0.1) is 5.92 Å². The standard InChI is InChI=1S/C37H42N4O6/c1-4-24(2)32(41-36(45)46-22-26-15-9-6-10-16-26)35(44)40-31(20-27-21-38-29-18-12-11-17-28(27)29)34(43)39-30(33(42)37(3)23-47-37)19-25-13-7-5-8-14-25/h5-18,21,24,30-32,38H,4,19-20,22-23H2,1-3H3,(H,39,43)(H,40,44)(H,41,45)/t24-,30-,31-,32+,37+/m0/s1. The number of Topliss-reactive ketones (excluding diaryl/α,β-unsaturated/α-hetero) is 1. The Bertz CT molecular complexity index is 1680. The number of carbonyl (C=O) groups is 4. The molecule has 0 aliphatic carbocycles. The molecular formula is C37H42N4O6. The smallest absolute Gasteiger partial charge is 0.408 e. The molecule has 1 aliphatic heterocycles. The van der Waals surface area contributed by atoms with E-state index >= 15 is 0 Å². The fourth-order valence-corrected chi connectivity index (χ4v) is 5.54. The molecule has 10 nitrogen and oxygen atoms in total. The van der Waals surface area contributed by atoms with Gasteiger partial charge >= 0.3 is 6.09 Å². The van der Waals surface area contributed by atoms with E-state index in [2.05, 4.69) is 20.9 Å². The number of aromatic nitrogens is 1. The van der Waals surface area contributed by atoms with Gasteiger partial charge in [0, 0.05) is 23.5 Å². The van der Waals surface area contributed by atoms with Gasteiger partial charge in [0.2, 0.25) is 11.8 Å². The largest absolute Gasteiger partial charge is 0.445 e. The van der Waals surface area contributed by atoms with Crippen LogP contribution in [0.5, 0.6) is 0 Å². The highest BCUT2D eigenvalue weighted by Crippen LogP contribution is 2.29. The second-order valence-corrected chi connectivity index (χ2v) is 12.3. The van der Waals surface area contributed by atoms with Gasteiger partial charge in [0.25, 0.3) is 0 Å². The molecule has 1 aromatic heterocycles. The molecule has 0 unspecified atom stereocenters. The van der Waals surface area contributed by atoms with Crippen molar-refractivity contribution in [3.8, 4) is 0 Å². The number of carbonyl (C=O) groups excluding carboxylic acids is 4. The molecule has 1 aliphatic rings. The van der Waals surface area contributed by atoms with E-state index in [0.29, 0.717) is 6.42 Å². The summed E-state index contributed by atoms with van der Waals surface area (Å²) in [5, 5.41) is 9.45. The van der Waals surface area contributed by atoms with Gasteiger partial charge in [-0.15, -0.1) is 0 Å². The number of nitrogens with one attached hydrogen (secondary N) is 4. The first-order valence-electron chi connectivity index (χ1n) is 16.0. The Balaban J connectivity index is 1.37. The zero-order chi connectivity index (χ0) is 33.4. The Morgan fingerprint density at radius 2 is 1.45 bits per heavy atom. The zero-order valence-corrected chi connectivity index (χ0v) is 27.0. The molecule has 4 N–H and O–H groups in total. The van der Waals surface area contributed by atoms with Crippen LogP contribution in [0.1, 0.15) is 43.9 Å². The number of benzene rings is 3. The number of alkyl carbamates (subject to hydrolysis) is 1. The van der Waals surface area contributed by atoms with Gasteiger partial charge in [-0.05, 0) is 42.0 Å². The van der Waals surface area contributed by atoms with Crippen molar-refractivity contribution < 1.29 is 28.7 Å². The third-order valence-corrected chi connectivity index (χ3v) is 8.73. The van der Waals surface area contributed by atoms with Crippen LogP contribution in [-0.2, 0) is 43.3 Å². The predicted molar refractivity (Wildman–Crippen MR) is 178 cm³/mol. The van der Waals surface area contributed by atoms with Crippen LogP contribution in [-0.4, -0.2) is 59.0 Å². The van der Waals surface area contributed by atoms with Gasteiger partial charge in [-0.3, -0.25) is 14.4 Å². The van der Waals surface area contributed by atoms with Crippen LogP contribution in [0.2, 0.25) is 0 Å². The van der Waals surface area contributed by atoms with Gasteiger partial charge in [-0.2, -0.15) is 0 Å². The molecule has 5 rings (SSSR count). The van der Waals surface area contributed by atoms with E-state index in [4.69, 9.17) is 9.47 Å². The van der Waals surface area contributed by atoms with Gasteiger partial charge in [0.05, 0.1) is 12.6 Å². The SMILES string of the molecule is CC[C@H](C)[C@@H](NC(=O)OCc1ccccc1)C(=O)N[C@@H](Cc1c[nH]c2ccccc12)C(=O)N[C@@H](Cc1ccccc1)C(=O)[C@@]1(C)CO1. The van der Waals surface area contributed by atoms with Gasteiger partial charge in [-0.25, -0.2) is 4.79 Å². The molecule has 10 heteroatoms.